The first-order chi connectivity index (χ1) is 12.1. The van der Waals surface area contributed by atoms with E-state index < -0.39 is 0 Å². The number of ether oxygens (including phenoxy) is 2. The largest absolute Gasteiger partial charge is 0.493 e. The highest BCUT2D eigenvalue weighted by Gasteiger charge is 2.10. The summed E-state index contributed by atoms with van der Waals surface area (Å²) in [6.45, 7) is 2.44. The Balaban J connectivity index is 1.92. The minimum atomic E-state index is -0.248. The minimum absolute atomic E-state index is 0.248. The Kier molecular flexibility index (Phi) is 5.04. The summed E-state index contributed by atoms with van der Waals surface area (Å²) < 4.78 is 11.6. The fourth-order valence-electron chi connectivity index (χ4n) is 2.48. The number of hydrogen-bond acceptors (Lipinski definition) is 5. The molecule has 0 saturated heterocycles. The van der Waals surface area contributed by atoms with Crippen molar-refractivity contribution < 1.29 is 14.3 Å². The minimum Gasteiger partial charge on any atom is -0.493 e. The van der Waals surface area contributed by atoms with Crippen molar-refractivity contribution in [2.24, 2.45) is 0 Å². The third kappa shape index (κ3) is 3.66. The molecule has 7 heteroatoms. The molecule has 1 heterocycles. The lowest BCUT2D eigenvalue weighted by atomic mass is 10.0. The number of thiazole rings is 1. The molecule has 6 nitrogen and oxygen atoms in total. The summed E-state index contributed by atoms with van der Waals surface area (Å²) >= 11 is 1.44. The number of urea groups is 1. The average Bonchev–Trinajstić information content (AvgIpc) is 3.02. The predicted octanol–water partition coefficient (Wildman–Crippen LogP) is 4.12. The summed E-state index contributed by atoms with van der Waals surface area (Å²) in [5.74, 6) is 1.38. The van der Waals surface area contributed by atoms with Crippen LogP contribution in [0.1, 0.15) is 6.92 Å². The molecule has 1 aromatic heterocycles. The van der Waals surface area contributed by atoms with Gasteiger partial charge >= 0.3 is 6.03 Å². The fourth-order valence-corrected chi connectivity index (χ4v) is 3.38. The molecule has 2 N–H and O–H groups in total. The Hall–Kier alpha value is -2.80. The molecule has 0 atom stereocenters. The molecule has 0 bridgehead atoms. The molecular weight excluding hydrogens is 338 g/mol. The smallest absolute Gasteiger partial charge is 0.321 e. The molecule has 2 aromatic carbocycles. The van der Waals surface area contributed by atoms with Crippen LogP contribution in [0.4, 0.5) is 9.93 Å². The lowest BCUT2D eigenvalue weighted by molar-refractivity contribution is 0.252. The highest BCUT2D eigenvalue weighted by molar-refractivity contribution is 7.22. The number of nitrogens with zero attached hydrogens (tertiary/aromatic N) is 1. The number of methoxy groups -OCH3 is 2. The molecule has 0 spiro atoms. The quantitative estimate of drug-likeness (QED) is 0.720. The summed E-state index contributed by atoms with van der Waals surface area (Å²) in [7, 11) is 3.23. The van der Waals surface area contributed by atoms with Crippen molar-refractivity contribution in [3.05, 3.63) is 36.4 Å². The van der Waals surface area contributed by atoms with E-state index in [0.29, 0.717) is 23.2 Å². The van der Waals surface area contributed by atoms with Crippen molar-refractivity contribution in [1.29, 1.82) is 0 Å². The first-order valence-electron chi connectivity index (χ1n) is 7.82. The second kappa shape index (κ2) is 7.40. The van der Waals surface area contributed by atoms with E-state index >= 15 is 0 Å². The molecule has 0 radical (unpaired) electrons. The predicted molar refractivity (Wildman–Crippen MR) is 101 cm³/mol. The molecule has 2 amide bonds. The van der Waals surface area contributed by atoms with E-state index in [4.69, 9.17) is 9.47 Å². The van der Waals surface area contributed by atoms with Gasteiger partial charge in [0, 0.05) is 6.54 Å². The van der Waals surface area contributed by atoms with Gasteiger partial charge in [-0.2, -0.15) is 0 Å². The van der Waals surface area contributed by atoms with Gasteiger partial charge in [-0.05, 0) is 42.3 Å². The molecule has 3 aromatic rings. The van der Waals surface area contributed by atoms with E-state index in [1.165, 1.54) is 11.3 Å². The van der Waals surface area contributed by atoms with Crippen LogP contribution < -0.4 is 20.1 Å². The number of amides is 2. The number of rotatable bonds is 5. The number of aromatic nitrogens is 1. The zero-order valence-electron chi connectivity index (χ0n) is 14.3. The van der Waals surface area contributed by atoms with Crippen molar-refractivity contribution in [3.63, 3.8) is 0 Å². The normalized spacial score (nSPS) is 10.5. The molecule has 3 rings (SSSR count). The molecule has 130 valence electrons. The van der Waals surface area contributed by atoms with Crippen molar-refractivity contribution >= 4 is 32.7 Å². The van der Waals surface area contributed by atoms with E-state index in [-0.39, 0.29) is 6.03 Å². The Morgan fingerprint density at radius 2 is 1.80 bits per heavy atom. The van der Waals surface area contributed by atoms with Crippen LogP contribution in [0.5, 0.6) is 11.5 Å². The van der Waals surface area contributed by atoms with Gasteiger partial charge in [0.15, 0.2) is 16.6 Å². The van der Waals surface area contributed by atoms with Gasteiger partial charge in [-0.25, -0.2) is 9.78 Å². The van der Waals surface area contributed by atoms with E-state index in [0.717, 1.165) is 21.3 Å². The van der Waals surface area contributed by atoms with Gasteiger partial charge in [-0.1, -0.05) is 23.5 Å². The summed E-state index contributed by atoms with van der Waals surface area (Å²) in [6, 6.07) is 11.6. The van der Waals surface area contributed by atoms with E-state index in [9.17, 15) is 4.79 Å². The summed E-state index contributed by atoms with van der Waals surface area (Å²) in [6.07, 6.45) is 0. The third-order valence-electron chi connectivity index (χ3n) is 3.66. The van der Waals surface area contributed by atoms with Crippen LogP contribution in [0.25, 0.3) is 21.3 Å². The Morgan fingerprint density at radius 1 is 1.08 bits per heavy atom. The third-order valence-corrected chi connectivity index (χ3v) is 4.60. The van der Waals surface area contributed by atoms with Crippen LogP contribution in [-0.2, 0) is 0 Å². The number of fused-ring (bicyclic) bond motifs is 1. The monoisotopic (exact) mass is 357 g/mol. The maximum absolute atomic E-state index is 11.6. The molecule has 0 aliphatic heterocycles. The van der Waals surface area contributed by atoms with Gasteiger partial charge in [0.1, 0.15) is 0 Å². The van der Waals surface area contributed by atoms with Crippen LogP contribution in [0.2, 0.25) is 0 Å². The summed E-state index contributed by atoms with van der Waals surface area (Å²) in [5.41, 5.74) is 2.91. The lowest BCUT2D eigenvalue weighted by Gasteiger charge is -2.09. The van der Waals surface area contributed by atoms with Crippen LogP contribution >= 0.6 is 11.3 Å². The topological polar surface area (TPSA) is 72.5 Å². The molecule has 0 fully saturated rings. The molecular formula is C18H19N3O3S. The summed E-state index contributed by atoms with van der Waals surface area (Å²) in [4.78, 5) is 16.1. The van der Waals surface area contributed by atoms with E-state index in [1.54, 1.807) is 14.2 Å². The number of carbonyl (C=O) groups is 1. The zero-order valence-corrected chi connectivity index (χ0v) is 15.1. The standard InChI is InChI=1S/C18H19N3O3S/c1-4-19-17(22)21-18-20-13-7-5-12(10-16(13)25-18)11-6-8-14(23-2)15(9-11)24-3/h5-10H,4H2,1-3H3,(H2,19,20,21,22). The van der Waals surface area contributed by atoms with Gasteiger partial charge in [0.05, 0.1) is 24.4 Å². The Labute approximate surface area is 149 Å². The number of benzene rings is 2. The van der Waals surface area contributed by atoms with Crippen LogP contribution in [0.3, 0.4) is 0 Å². The fraction of sp³-hybridized carbons (Fsp3) is 0.222. The van der Waals surface area contributed by atoms with Crippen LogP contribution in [-0.4, -0.2) is 31.8 Å². The first kappa shape index (κ1) is 17.0. The summed E-state index contributed by atoms with van der Waals surface area (Å²) in [5, 5.41) is 6.01. The average molecular weight is 357 g/mol. The van der Waals surface area contributed by atoms with Crippen LogP contribution in [0.15, 0.2) is 36.4 Å². The van der Waals surface area contributed by atoms with E-state index in [2.05, 4.69) is 21.7 Å². The highest BCUT2D eigenvalue weighted by atomic mass is 32.1. The highest BCUT2D eigenvalue weighted by Crippen LogP contribution is 2.35. The van der Waals surface area contributed by atoms with Gasteiger partial charge in [-0.15, -0.1) is 0 Å². The number of carbonyl (C=O) groups excluding carboxylic acids is 1. The Bertz CT molecular complexity index is 908. The molecule has 0 aliphatic rings. The van der Waals surface area contributed by atoms with Gasteiger partial charge < -0.3 is 14.8 Å². The zero-order chi connectivity index (χ0) is 17.8. The van der Waals surface area contributed by atoms with Crippen molar-refractivity contribution in [1.82, 2.24) is 10.3 Å². The van der Waals surface area contributed by atoms with Gasteiger partial charge in [0.25, 0.3) is 0 Å². The van der Waals surface area contributed by atoms with Crippen molar-refractivity contribution in [2.45, 2.75) is 6.92 Å². The lowest BCUT2D eigenvalue weighted by Crippen LogP contribution is -2.28. The van der Waals surface area contributed by atoms with Crippen molar-refractivity contribution in [2.75, 3.05) is 26.1 Å². The van der Waals surface area contributed by atoms with E-state index in [1.807, 2.05) is 37.3 Å². The molecule has 25 heavy (non-hydrogen) atoms. The van der Waals surface area contributed by atoms with Gasteiger partial charge in [0.2, 0.25) is 0 Å². The second-order valence-corrected chi connectivity index (χ2v) is 6.29. The van der Waals surface area contributed by atoms with Crippen molar-refractivity contribution in [3.8, 4) is 22.6 Å². The number of anilines is 1. The Morgan fingerprint density at radius 3 is 2.52 bits per heavy atom. The molecule has 0 unspecified atom stereocenters. The number of nitrogens with one attached hydrogen (secondary N) is 2. The SMILES string of the molecule is CCNC(=O)Nc1nc2ccc(-c3ccc(OC)c(OC)c3)cc2s1. The van der Waals surface area contributed by atoms with Crippen LogP contribution in [0, 0.1) is 0 Å². The maximum atomic E-state index is 11.6. The second-order valence-electron chi connectivity index (χ2n) is 5.26. The number of hydrogen-bond donors (Lipinski definition) is 2. The first-order valence-corrected chi connectivity index (χ1v) is 8.64. The maximum Gasteiger partial charge on any atom is 0.321 e. The molecule has 0 saturated carbocycles. The molecule has 0 aliphatic carbocycles. The van der Waals surface area contributed by atoms with Gasteiger partial charge in [-0.3, -0.25) is 5.32 Å².